The molecule has 0 saturated heterocycles. The molecule has 1 amide bonds. The number of thioether (sulfide) groups is 1. The van der Waals surface area contributed by atoms with Gasteiger partial charge in [-0.15, -0.1) is 0 Å². The number of carbonyl (C=O) groups is 1. The number of non-ortho nitro benzene ring substituents is 1. The molecular formula is C27H26N4O5S. The number of amides is 1. The molecule has 0 atom stereocenters. The highest BCUT2D eigenvalue weighted by atomic mass is 32.2. The van der Waals surface area contributed by atoms with Crippen molar-refractivity contribution in [1.29, 1.82) is 0 Å². The zero-order chi connectivity index (χ0) is 26.5. The molecule has 0 aliphatic rings. The van der Waals surface area contributed by atoms with Crippen LogP contribution in [0.5, 0.6) is 0 Å². The average Bonchev–Trinajstić information content (AvgIpc) is 2.87. The third kappa shape index (κ3) is 6.04. The van der Waals surface area contributed by atoms with Gasteiger partial charge in [0.2, 0.25) is 0 Å². The molecule has 190 valence electrons. The molecule has 0 aliphatic carbocycles. The van der Waals surface area contributed by atoms with Gasteiger partial charge in [-0.1, -0.05) is 30.0 Å². The van der Waals surface area contributed by atoms with Gasteiger partial charge in [0.1, 0.15) is 0 Å². The van der Waals surface area contributed by atoms with E-state index in [2.05, 4.69) is 5.32 Å². The average molecular weight is 519 g/mol. The number of nitrogens with zero attached hydrogens (tertiary/aromatic N) is 3. The molecule has 0 bridgehead atoms. The quantitative estimate of drug-likeness (QED) is 0.113. The first-order valence-corrected chi connectivity index (χ1v) is 12.5. The van der Waals surface area contributed by atoms with Crippen molar-refractivity contribution in [3.63, 3.8) is 0 Å². The molecule has 0 radical (unpaired) electrons. The summed E-state index contributed by atoms with van der Waals surface area (Å²) in [5.74, 6) is 0.164. The highest BCUT2D eigenvalue weighted by molar-refractivity contribution is 7.98. The summed E-state index contributed by atoms with van der Waals surface area (Å²) in [7, 11) is 1.56. The van der Waals surface area contributed by atoms with Gasteiger partial charge in [0.15, 0.2) is 5.16 Å². The van der Waals surface area contributed by atoms with E-state index < -0.39 is 4.92 Å². The van der Waals surface area contributed by atoms with Crippen LogP contribution in [0.1, 0.15) is 27.0 Å². The maximum atomic E-state index is 13.7. The molecular weight excluding hydrogens is 492 g/mol. The second-order valence-corrected chi connectivity index (χ2v) is 9.52. The first-order valence-electron chi connectivity index (χ1n) is 11.6. The smallest absolute Gasteiger partial charge is 0.269 e. The lowest BCUT2D eigenvalue weighted by atomic mass is 10.1. The summed E-state index contributed by atoms with van der Waals surface area (Å²) >= 11 is 1.35. The van der Waals surface area contributed by atoms with Crippen LogP contribution in [0.4, 0.5) is 5.69 Å². The van der Waals surface area contributed by atoms with Gasteiger partial charge >= 0.3 is 0 Å². The number of nitro groups is 1. The van der Waals surface area contributed by atoms with Gasteiger partial charge in [-0.2, -0.15) is 0 Å². The van der Waals surface area contributed by atoms with Crippen molar-refractivity contribution in [3.05, 3.63) is 103 Å². The number of aromatic nitrogens is 2. The number of hydrogen-bond donors (Lipinski definition) is 1. The summed E-state index contributed by atoms with van der Waals surface area (Å²) < 4.78 is 6.56. The molecule has 37 heavy (non-hydrogen) atoms. The first kappa shape index (κ1) is 26.1. The monoisotopic (exact) mass is 518 g/mol. The van der Waals surface area contributed by atoms with Gasteiger partial charge in [0.05, 0.1) is 28.1 Å². The molecule has 0 unspecified atom stereocenters. The van der Waals surface area contributed by atoms with E-state index in [1.165, 1.54) is 23.9 Å². The number of methoxy groups -OCH3 is 1. The summed E-state index contributed by atoms with van der Waals surface area (Å²) in [6.07, 6.45) is 0. The number of fused-ring (bicyclic) bond motifs is 1. The second kappa shape index (κ2) is 11.4. The molecule has 3 aromatic carbocycles. The van der Waals surface area contributed by atoms with Crippen LogP contribution in [0.15, 0.2) is 70.6 Å². The standard InChI is InChI=1S/C27H26N4O5S/c1-17-12-18(2)14-22(13-17)30-26(33)23-9-6-20(25(32)28-10-11-36-3)15-24(23)29-27(30)37-16-19-4-7-21(8-5-19)31(34)35/h4-9,12-15H,10-11,16H2,1-3H3,(H,28,32). The molecule has 9 nitrogen and oxygen atoms in total. The van der Waals surface area contributed by atoms with E-state index in [0.717, 1.165) is 16.7 Å². The fourth-order valence-corrected chi connectivity index (χ4v) is 4.91. The van der Waals surface area contributed by atoms with Crippen LogP contribution >= 0.6 is 11.8 Å². The van der Waals surface area contributed by atoms with E-state index >= 15 is 0 Å². The van der Waals surface area contributed by atoms with Crippen LogP contribution in [-0.4, -0.2) is 40.6 Å². The molecule has 0 spiro atoms. The largest absolute Gasteiger partial charge is 0.383 e. The minimum Gasteiger partial charge on any atom is -0.383 e. The van der Waals surface area contributed by atoms with Gasteiger partial charge in [-0.25, -0.2) is 4.98 Å². The Balaban J connectivity index is 1.77. The highest BCUT2D eigenvalue weighted by Crippen LogP contribution is 2.27. The van der Waals surface area contributed by atoms with Gasteiger partial charge in [0.25, 0.3) is 17.2 Å². The summed E-state index contributed by atoms with van der Waals surface area (Å²) in [4.78, 5) is 41.6. The Labute approximate surface area is 217 Å². The van der Waals surface area contributed by atoms with Crippen molar-refractivity contribution in [2.45, 2.75) is 24.8 Å². The molecule has 0 fully saturated rings. The zero-order valence-electron chi connectivity index (χ0n) is 20.7. The third-order valence-corrected chi connectivity index (χ3v) is 6.68. The molecule has 4 rings (SSSR count). The highest BCUT2D eigenvalue weighted by Gasteiger charge is 2.16. The van der Waals surface area contributed by atoms with Crippen LogP contribution in [0.2, 0.25) is 0 Å². The van der Waals surface area contributed by atoms with Crippen molar-refractivity contribution >= 4 is 34.3 Å². The molecule has 1 aromatic heterocycles. The van der Waals surface area contributed by atoms with Crippen LogP contribution in [-0.2, 0) is 10.5 Å². The van der Waals surface area contributed by atoms with E-state index in [-0.39, 0.29) is 17.2 Å². The summed E-state index contributed by atoms with van der Waals surface area (Å²) in [6, 6.07) is 17.0. The number of benzene rings is 3. The van der Waals surface area contributed by atoms with Crippen LogP contribution in [0, 0.1) is 24.0 Å². The minimum atomic E-state index is -0.442. The molecule has 1 heterocycles. The molecule has 0 aliphatic heterocycles. The number of hydrogen-bond acceptors (Lipinski definition) is 7. The Morgan fingerprint density at radius 2 is 1.78 bits per heavy atom. The van der Waals surface area contributed by atoms with E-state index in [1.807, 2.05) is 32.0 Å². The van der Waals surface area contributed by atoms with Crippen molar-refractivity contribution < 1.29 is 14.5 Å². The van der Waals surface area contributed by atoms with E-state index in [0.29, 0.717) is 46.2 Å². The summed E-state index contributed by atoms with van der Waals surface area (Å²) in [5.41, 5.74) is 4.15. The van der Waals surface area contributed by atoms with Crippen molar-refractivity contribution in [3.8, 4) is 5.69 Å². The Morgan fingerprint density at radius 3 is 2.43 bits per heavy atom. The maximum absolute atomic E-state index is 13.7. The lowest BCUT2D eigenvalue weighted by Crippen LogP contribution is -2.27. The SMILES string of the molecule is COCCNC(=O)c1ccc2c(=O)n(-c3cc(C)cc(C)c3)c(SCc3ccc([N+](=O)[O-])cc3)nc2c1. The minimum absolute atomic E-state index is 0.0148. The van der Waals surface area contributed by atoms with Crippen molar-refractivity contribution in [2.24, 2.45) is 0 Å². The lowest BCUT2D eigenvalue weighted by Gasteiger charge is -2.15. The van der Waals surface area contributed by atoms with E-state index in [1.54, 1.807) is 42.0 Å². The first-order chi connectivity index (χ1) is 17.8. The molecule has 1 N–H and O–H groups in total. The van der Waals surface area contributed by atoms with Gasteiger partial charge in [0, 0.05) is 37.1 Å². The van der Waals surface area contributed by atoms with E-state index in [9.17, 15) is 19.7 Å². The van der Waals surface area contributed by atoms with Gasteiger partial charge in [-0.3, -0.25) is 24.3 Å². The number of rotatable bonds is 9. The normalized spacial score (nSPS) is 11.0. The van der Waals surface area contributed by atoms with Crippen molar-refractivity contribution in [2.75, 3.05) is 20.3 Å². The predicted molar refractivity (Wildman–Crippen MR) is 144 cm³/mol. The molecule has 4 aromatic rings. The van der Waals surface area contributed by atoms with Crippen LogP contribution in [0.3, 0.4) is 0 Å². The Bertz CT molecular complexity index is 1510. The summed E-state index contributed by atoms with van der Waals surface area (Å²) in [5, 5.41) is 14.6. The number of ether oxygens (including phenoxy) is 1. The molecule has 10 heteroatoms. The third-order valence-electron chi connectivity index (χ3n) is 5.67. The van der Waals surface area contributed by atoms with Crippen LogP contribution in [0.25, 0.3) is 16.6 Å². The second-order valence-electron chi connectivity index (χ2n) is 8.57. The van der Waals surface area contributed by atoms with Crippen molar-refractivity contribution in [1.82, 2.24) is 14.9 Å². The fourth-order valence-electron chi connectivity index (χ4n) is 3.94. The Hall–Kier alpha value is -4.02. The number of nitrogens with one attached hydrogen (secondary N) is 1. The number of nitro benzene ring substituents is 1. The fraction of sp³-hybridized carbons (Fsp3) is 0.222. The number of carbonyl (C=O) groups excluding carboxylic acids is 1. The van der Waals surface area contributed by atoms with E-state index in [4.69, 9.17) is 9.72 Å². The van der Waals surface area contributed by atoms with Crippen LogP contribution < -0.4 is 10.9 Å². The van der Waals surface area contributed by atoms with Gasteiger partial charge in [-0.05, 0) is 60.9 Å². The zero-order valence-corrected chi connectivity index (χ0v) is 21.5. The Kier molecular flexibility index (Phi) is 8.00. The lowest BCUT2D eigenvalue weighted by molar-refractivity contribution is -0.384. The summed E-state index contributed by atoms with van der Waals surface area (Å²) in [6.45, 7) is 4.69. The van der Waals surface area contributed by atoms with Gasteiger partial charge < -0.3 is 10.1 Å². The topological polar surface area (TPSA) is 116 Å². The Morgan fingerprint density at radius 1 is 1.08 bits per heavy atom. The maximum Gasteiger partial charge on any atom is 0.269 e. The number of aryl methyl sites for hydroxylation is 2. The predicted octanol–water partition coefficient (Wildman–Crippen LogP) is 4.58. The molecule has 0 saturated carbocycles.